The second kappa shape index (κ2) is 6.48. The number of hydrogen-bond donors (Lipinski definition) is 1. The Labute approximate surface area is 98.2 Å². The van der Waals surface area contributed by atoms with Crippen molar-refractivity contribution in [3.8, 4) is 0 Å². The Morgan fingerprint density at radius 2 is 2.12 bits per heavy atom. The minimum Gasteiger partial charge on any atom is -0.337 e. The van der Waals surface area contributed by atoms with Crippen LogP contribution in [0, 0.1) is 5.92 Å². The molecular formula is C13H22N2O. The Balaban J connectivity index is 2.63. The molecule has 1 saturated heterocycles. The van der Waals surface area contributed by atoms with E-state index < -0.39 is 0 Å². The molecule has 16 heavy (non-hydrogen) atoms. The number of allylic oxidation sites excluding steroid dienone is 2. The van der Waals surface area contributed by atoms with Crippen LogP contribution in [0.4, 0.5) is 0 Å². The molecule has 1 heterocycles. The predicted octanol–water partition coefficient (Wildman–Crippen LogP) is 1.58. The summed E-state index contributed by atoms with van der Waals surface area (Å²) in [7, 11) is 0. The molecule has 0 radical (unpaired) electrons. The molecule has 1 aliphatic rings. The van der Waals surface area contributed by atoms with Crippen LogP contribution in [0.1, 0.15) is 19.8 Å². The Kier molecular flexibility index (Phi) is 5.26. The van der Waals surface area contributed by atoms with Gasteiger partial charge in [0.05, 0.1) is 0 Å². The van der Waals surface area contributed by atoms with Crippen LogP contribution in [-0.4, -0.2) is 36.5 Å². The number of carbonyl (C=O) groups is 1. The van der Waals surface area contributed by atoms with E-state index in [0.29, 0.717) is 6.04 Å². The van der Waals surface area contributed by atoms with E-state index in [9.17, 15) is 4.79 Å². The van der Waals surface area contributed by atoms with Crippen molar-refractivity contribution >= 4 is 5.91 Å². The third-order valence-electron chi connectivity index (χ3n) is 3.04. The van der Waals surface area contributed by atoms with Crippen LogP contribution in [0.15, 0.2) is 25.3 Å². The molecule has 1 amide bonds. The average Bonchev–Trinajstić information content (AvgIpc) is 2.28. The molecule has 1 fully saturated rings. The first-order valence-electron chi connectivity index (χ1n) is 5.93. The molecule has 0 aliphatic carbocycles. The fourth-order valence-electron chi connectivity index (χ4n) is 2.10. The SMILES string of the molecule is C=CCC(CC=C)C(=O)N1CCNCC1C. The van der Waals surface area contributed by atoms with Crippen LogP contribution >= 0.6 is 0 Å². The average molecular weight is 222 g/mol. The summed E-state index contributed by atoms with van der Waals surface area (Å²) in [5.41, 5.74) is 0. The summed E-state index contributed by atoms with van der Waals surface area (Å²) in [4.78, 5) is 14.3. The fourth-order valence-corrected chi connectivity index (χ4v) is 2.10. The standard InChI is InChI=1S/C13H22N2O/c1-4-6-12(7-5-2)13(16)15-9-8-14-10-11(15)3/h4-5,11-12,14H,1-2,6-10H2,3H3. The molecule has 0 aromatic heterocycles. The second-order valence-electron chi connectivity index (χ2n) is 4.33. The number of nitrogens with zero attached hydrogens (tertiary/aromatic N) is 1. The fraction of sp³-hybridized carbons (Fsp3) is 0.615. The molecule has 3 heteroatoms. The van der Waals surface area contributed by atoms with Gasteiger partial charge in [-0.3, -0.25) is 4.79 Å². The minimum atomic E-state index is 0.0237. The Hall–Kier alpha value is -1.09. The summed E-state index contributed by atoms with van der Waals surface area (Å²) in [6.07, 6.45) is 5.11. The lowest BCUT2D eigenvalue weighted by Gasteiger charge is -2.36. The smallest absolute Gasteiger partial charge is 0.226 e. The first kappa shape index (κ1) is 13.0. The highest BCUT2D eigenvalue weighted by molar-refractivity contribution is 5.79. The molecule has 1 N–H and O–H groups in total. The van der Waals surface area contributed by atoms with Crippen molar-refractivity contribution in [2.75, 3.05) is 19.6 Å². The zero-order valence-electron chi connectivity index (χ0n) is 10.1. The van der Waals surface area contributed by atoms with Crippen LogP contribution in [0.2, 0.25) is 0 Å². The first-order chi connectivity index (χ1) is 7.70. The van der Waals surface area contributed by atoms with Crippen LogP contribution in [0.3, 0.4) is 0 Å². The van der Waals surface area contributed by atoms with Gasteiger partial charge in [-0.2, -0.15) is 0 Å². The maximum atomic E-state index is 12.3. The summed E-state index contributed by atoms with van der Waals surface area (Å²) in [6, 6.07) is 0.290. The lowest BCUT2D eigenvalue weighted by molar-refractivity contribution is -0.138. The van der Waals surface area contributed by atoms with Gasteiger partial charge in [0.1, 0.15) is 0 Å². The van der Waals surface area contributed by atoms with E-state index in [1.807, 2.05) is 17.1 Å². The van der Waals surface area contributed by atoms with Crippen LogP contribution in [0.5, 0.6) is 0 Å². The normalized spacial score (nSPS) is 20.9. The van der Waals surface area contributed by atoms with Crippen molar-refractivity contribution < 1.29 is 4.79 Å². The molecule has 90 valence electrons. The van der Waals surface area contributed by atoms with E-state index in [0.717, 1.165) is 32.5 Å². The number of rotatable bonds is 5. The molecule has 1 aliphatic heterocycles. The van der Waals surface area contributed by atoms with E-state index in [4.69, 9.17) is 0 Å². The van der Waals surface area contributed by atoms with Crippen LogP contribution in [-0.2, 0) is 4.79 Å². The maximum Gasteiger partial charge on any atom is 0.226 e. The zero-order chi connectivity index (χ0) is 12.0. The van der Waals surface area contributed by atoms with Crippen molar-refractivity contribution in [3.05, 3.63) is 25.3 Å². The third kappa shape index (κ3) is 3.20. The van der Waals surface area contributed by atoms with Crippen LogP contribution in [0.25, 0.3) is 0 Å². The van der Waals surface area contributed by atoms with Gasteiger partial charge < -0.3 is 10.2 Å². The van der Waals surface area contributed by atoms with E-state index in [2.05, 4.69) is 25.4 Å². The summed E-state index contributed by atoms with van der Waals surface area (Å²) in [6.45, 7) is 12.1. The lowest BCUT2D eigenvalue weighted by atomic mass is 9.98. The van der Waals surface area contributed by atoms with E-state index in [1.165, 1.54) is 0 Å². The monoisotopic (exact) mass is 222 g/mol. The number of carbonyl (C=O) groups excluding carboxylic acids is 1. The number of hydrogen-bond acceptors (Lipinski definition) is 2. The molecule has 0 aromatic carbocycles. The summed E-state index contributed by atoms with van der Waals surface area (Å²) >= 11 is 0. The van der Waals surface area contributed by atoms with Crippen molar-refractivity contribution in [1.82, 2.24) is 10.2 Å². The van der Waals surface area contributed by atoms with Gasteiger partial charge in [-0.05, 0) is 19.8 Å². The van der Waals surface area contributed by atoms with Gasteiger partial charge in [0.15, 0.2) is 0 Å². The van der Waals surface area contributed by atoms with Gasteiger partial charge in [0.2, 0.25) is 5.91 Å². The third-order valence-corrected chi connectivity index (χ3v) is 3.04. The number of nitrogens with one attached hydrogen (secondary N) is 1. The minimum absolute atomic E-state index is 0.0237. The first-order valence-corrected chi connectivity index (χ1v) is 5.93. The van der Waals surface area contributed by atoms with Crippen molar-refractivity contribution in [3.63, 3.8) is 0 Å². The molecule has 0 saturated carbocycles. The van der Waals surface area contributed by atoms with E-state index in [1.54, 1.807) is 0 Å². The largest absolute Gasteiger partial charge is 0.337 e. The zero-order valence-corrected chi connectivity index (χ0v) is 10.1. The summed E-state index contributed by atoms with van der Waals surface area (Å²) < 4.78 is 0. The van der Waals surface area contributed by atoms with Gasteiger partial charge in [-0.1, -0.05) is 12.2 Å². The Morgan fingerprint density at radius 3 is 2.62 bits per heavy atom. The van der Waals surface area contributed by atoms with Gasteiger partial charge in [-0.15, -0.1) is 13.2 Å². The second-order valence-corrected chi connectivity index (χ2v) is 4.33. The van der Waals surface area contributed by atoms with Gasteiger partial charge >= 0.3 is 0 Å². The van der Waals surface area contributed by atoms with Crippen molar-refractivity contribution in [2.24, 2.45) is 5.92 Å². The van der Waals surface area contributed by atoms with Crippen molar-refractivity contribution in [1.29, 1.82) is 0 Å². The molecule has 1 unspecified atom stereocenters. The number of piperazine rings is 1. The highest BCUT2D eigenvalue weighted by Gasteiger charge is 2.27. The quantitative estimate of drug-likeness (QED) is 0.716. The molecule has 0 bridgehead atoms. The van der Waals surface area contributed by atoms with Gasteiger partial charge in [-0.25, -0.2) is 0 Å². The van der Waals surface area contributed by atoms with Crippen LogP contribution < -0.4 is 5.32 Å². The Bertz CT molecular complexity index is 253. The molecule has 1 atom stereocenters. The molecule has 1 rings (SSSR count). The van der Waals surface area contributed by atoms with Gasteiger partial charge in [0, 0.05) is 31.6 Å². The van der Waals surface area contributed by atoms with Gasteiger partial charge in [0.25, 0.3) is 0 Å². The summed E-state index contributed by atoms with van der Waals surface area (Å²) in [5, 5.41) is 3.29. The van der Waals surface area contributed by atoms with E-state index >= 15 is 0 Å². The molecule has 3 nitrogen and oxygen atoms in total. The predicted molar refractivity (Wildman–Crippen MR) is 67.2 cm³/mol. The topological polar surface area (TPSA) is 32.3 Å². The molecular weight excluding hydrogens is 200 g/mol. The number of amides is 1. The Morgan fingerprint density at radius 1 is 1.50 bits per heavy atom. The lowest BCUT2D eigenvalue weighted by Crippen LogP contribution is -2.53. The van der Waals surface area contributed by atoms with Crippen molar-refractivity contribution in [2.45, 2.75) is 25.8 Å². The van der Waals surface area contributed by atoms with E-state index in [-0.39, 0.29) is 11.8 Å². The summed E-state index contributed by atoms with van der Waals surface area (Å²) in [5.74, 6) is 0.268. The highest BCUT2D eigenvalue weighted by Crippen LogP contribution is 2.16. The maximum absolute atomic E-state index is 12.3. The molecule has 0 spiro atoms. The highest BCUT2D eigenvalue weighted by atomic mass is 16.2. The molecule has 0 aromatic rings.